The van der Waals surface area contributed by atoms with Crippen LogP contribution in [0.25, 0.3) is 0 Å². The molecule has 200 valence electrons. The van der Waals surface area contributed by atoms with E-state index in [0.717, 1.165) is 11.1 Å². The molecule has 1 aromatic heterocycles. The molecule has 38 heavy (non-hydrogen) atoms. The molecule has 0 radical (unpaired) electrons. The lowest BCUT2D eigenvalue weighted by atomic mass is 9.72. The Morgan fingerprint density at radius 3 is 2.61 bits per heavy atom. The Hall–Kier alpha value is -4.09. The molecule has 2 heterocycles. The van der Waals surface area contributed by atoms with Gasteiger partial charge >= 0.3 is 5.97 Å². The van der Waals surface area contributed by atoms with Crippen molar-refractivity contribution in [2.45, 2.75) is 37.0 Å². The number of ketones is 2. The Kier molecular flexibility index (Phi) is 7.61. The van der Waals surface area contributed by atoms with Gasteiger partial charge in [-0.1, -0.05) is 35.9 Å². The van der Waals surface area contributed by atoms with Gasteiger partial charge in [-0.15, -0.1) is 0 Å². The zero-order valence-electron chi connectivity index (χ0n) is 21.8. The molecule has 1 aliphatic heterocycles. The molecule has 0 saturated carbocycles. The highest BCUT2D eigenvalue weighted by Crippen LogP contribution is 2.58. The van der Waals surface area contributed by atoms with E-state index < -0.39 is 28.7 Å². The number of carbonyl (C=O) groups is 3. The van der Waals surface area contributed by atoms with Crippen molar-refractivity contribution >= 4 is 29.3 Å². The number of esters is 1. The first-order valence-electron chi connectivity index (χ1n) is 12.2. The smallest absolute Gasteiger partial charge is 0.350 e. The van der Waals surface area contributed by atoms with Crippen LogP contribution < -0.4 is 21.7 Å². The first-order chi connectivity index (χ1) is 18.2. The molecular formula is C27H32N6O5. The van der Waals surface area contributed by atoms with Crippen molar-refractivity contribution in [1.29, 1.82) is 0 Å². The fourth-order valence-electron chi connectivity index (χ4n) is 4.84. The lowest BCUT2D eigenvalue weighted by Gasteiger charge is -2.23. The molecule has 11 heteroatoms. The molecule has 0 spiro atoms. The highest BCUT2D eigenvalue weighted by molar-refractivity contribution is 6.32. The zero-order valence-corrected chi connectivity index (χ0v) is 21.8. The fourth-order valence-corrected chi connectivity index (χ4v) is 4.84. The summed E-state index contributed by atoms with van der Waals surface area (Å²) in [5.41, 5.74) is 4.59. The normalized spacial score (nSPS) is 23.3. The number of aliphatic imine (C=N–C) groups is 1. The van der Waals surface area contributed by atoms with E-state index in [0.29, 0.717) is 18.9 Å². The number of epoxide rings is 1. The second-order valence-electron chi connectivity index (χ2n) is 9.25. The van der Waals surface area contributed by atoms with E-state index in [1.54, 1.807) is 31.4 Å². The Balaban J connectivity index is 1.61. The van der Waals surface area contributed by atoms with Crippen LogP contribution in [0.3, 0.4) is 0 Å². The molecule has 0 unspecified atom stereocenters. The van der Waals surface area contributed by atoms with Crippen LogP contribution in [-0.2, 0) is 14.3 Å². The van der Waals surface area contributed by atoms with Crippen LogP contribution in [0.4, 0.5) is 5.82 Å². The monoisotopic (exact) mass is 520 g/mol. The third kappa shape index (κ3) is 4.54. The minimum atomic E-state index is -1.97. The summed E-state index contributed by atoms with van der Waals surface area (Å²) in [6.07, 6.45) is 4.04. The summed E-state index contributed by atoms with van der Waals surface area (Å²) >= 11 is 0. The minimum absolute atomic E-state index is 0.0300. The number of carbonyl (C=O) groups excluding carboxylic acids is 3. The summed E-state index contributed by atoms with van der Waals surface area (Å²) in [6.45, 7) is 2.45. The first kappa shape index (κ1) is 27.0. The van der Waals surface area contributed by atoms with E-state index >= 15 is 0 Å². The molecule has 11 nitrogen and oxygen atoms in total. The maximum absolute atomic E-state index is 13.5. The molecule has 1 aliphatic carbocycles. The second kappa shape index (κ2) is 10.7. The fraction of sp³-hybridized carbons (Fsp3) is 0.370. The maximum Gasteiger partial charge on any atom is 0.350 e. The van der Waals surface area contributed by atoms with Crippen LogP contribution in [0, 0.1) is 0 Å². The van der Waals surface area contributed by atoms with Crippen molar-refractivity contribution in [2.24, 2.45) is 10.7 Å². The maximum atomic E-state index is 13.5. The van der Waals surface area contributed by atoms with Crippen LogP contribution in [0.1, 0.15) is 52.1 Å². The molecule has 2 aliphatic rings. The molecule has 5 N–H and O–H groups in total. The lowest BCUT2D eigenvalue weighted by molar-refractivity contribution is -0.145. The molecule has 0 bridgehead atoms. The van der Waals surface area contributed by atoms with Gasteiger partial charge in [-0.3, -0.25) is 14.6 Å². The van der Waals surface area contributed by atoms with Gasteiger partial charge in [0.25, 0.3) is 5.60 Å². The minimum Gasteiger partial charge on any atom is -0.466 e. The number of fused-ring (bicyclic) bond motifs is 2. The summed E-state index contributed by atoms with van der Waals surface area (Å²) in [6, 6.07) is 9.95. The average Bonchev–Trinajstić information content (AvgIpc) is 3.65. The summed E-state index contributed by atoms with van der Waals surface area (Å²) in [5.74, 6) is -0.886. The lowest BCUT2D eigenvalue weighted by Crippen LogP contribution is -2.50. The SMILES string of the molecule is CN=C(N)N[C@@H](C/C(C)=C/C[C@@]12O[C@]1(C(=O)OC)C(=O)c1ccccc1C2=O)c1ccnc(NCNC)c1. The second-order valence-corrected chi connectivity index (χ2v) is 9.25. The van der Waals surface area contributed by atoms with Gasteiger partial charge in [0.05, 0.1) is 19.8 Å². The van der Waals surface area contributed by atoms with Crippen LogP contribution >= 0.6 is 0 Å². The van der Waals surface area contributed by atoms with Crippen molar-refractivity contribution in [3.8, 4) is 0 Å². The summed E-state index contributed by atoms with van der Waals surface area (Å²) in [4.78, 5) is 48.0. The molecule has 2 aromatic rings. The van der Waals surface area contributed by atoms with E-state index in [4.69, 9.17) is 15.2 Å². The predicted molar refractivity (Wildman–Crippen MR) is 142 cm³/mol. The van der Waals surface area contributed by atoms with Crippen LogP contribution in [-0.4, -0.2) is 67.6 Å². The number of nitrogens with one attached hydrogen (secondary N) is 3. The summed E-state index contributed by atoms with van der Waals surface area (Å²) in [5, 5.41) is 9.39. The van der Waals surface area contributed by atoms with E-state index in [1.807, 2.05) is 32.2 Å². The van der Waals surface area contributed by atoms with Crippen molar-refractivity contribution in [3.05, 3.63) is 70.9 Å². The zero-order chi connectivity index (χ0) is 27.5. The highest BCUT2D eigenvalue weighted by Gasteiger charge is 2.85. The summed E-state index contributed by atoms with van der Waals surface area (Å²) in [7, 11) is 4.59. The number of hydrogen-bond donors (Lipinski definition) is 4. The van der Waals surface area contributed by atoms with Gasteiger partial charge < -0.3 is 31.2 Å². The molecule has 0 amide bonds. The van der Waals surface area contributed by atoms with Gasteiger partial charge in [0.1, 0.15) is 5.82 Å². The van der Waals surface area contributed by atoms with Crippen LogP contribution in [0.5, 0.6) is 0 Å². The Bertz CT molecular complexity index is 1320. The van der Waals surface area contributed by atoms with E-state index in [1.165, 1.54) is 13.2 Å². The number of methoxy groups -OCH3 is 1. The Morgan fingerprint density at radius 1 is 1.24 bits per heavy atom. The molecule has 1 saturated heterocycles. The molecule has 3 atom stereocenters. The predicted octanol–water partition coefficient (Wildman–Crippen LogP) is 1.73. The number of ether oxygens (including phenoxy) is 2. The number of benzene rings is 1. The number of Topliss-reactive ketones (excluding diaryl/α,β-unsaturated/α-hetero) is 2. The number of anilines is 1. The van der Waals surface area contributed by atoms with Gasteiger partial charge in [-0.25, -0.2) is 9.78 Å². The number of rotatable bonds is 10. The topological polar surface area (TPSA) is 160 Å². The number of hydrogen-bond acceptors (Lipinski definition) is 9. The third-order valence-corrected chi connectivity index (χ3v) is 6.89. The van der Waals surface area contributed by atoms with Crippen LogP contribution in [0.15, 0.2) is 59.2 Å². The molecule has 4 rings (SSSR count). The van der Waals surface area contributed by atoms with E-state index in [2.05, 4.69) is 25.9 Å². The van der Waals surface area contributed by atoms with Gasteiger partial charge in [-0.2, -0.15) is 0 Å². The number of nitrogens with two attached hydrogens (primary N) is 1. The van der Waals surface area contributed by atoms with Crippen LogP contribution in [0.2, 0.25) is 0 Å². The van der Waals surface area contributed by atoms with Gasteiger partial charge in [0.2, 0.25) is 5.78 Å². The third-order valence-electron chi connectivity index (χ3n) is 6.89. The van der Waals surface area contributed by atoms with Crippen molar-refractivity contribution in [3.63, 3.8) is 0 Å². The van der Waals surface area contributed by atoms with Gasteiger partial charge in [-0.05, 0) is 38.1 Å². The van der Waals surface area contributed by atoms with Crippen molar-refractivity contribution in [2.75, 3.05) is 33.2 Å². The summed E-state index contributed by atoms with van der Waals surface area (Å²) < 4.78 is 10.7. The molecule has 1 fully saturated rings. The number of nitrogens with zero attached hydrogens (tertiary/aromatic N) is 2. The standard InChI is InChI=1S/C27H32N6O5/c1-16(13-20(33-25(28)30-3)17-10-12-31-21(14-17)32-15-29-2)9-11-26-22(34)18-7-5-6-8-19(18)23(35)27(26,38-26)24(36)37-4/h5-10,12,14,20,29H,11,13,15H2,1-4H3,(H,31,32)(H3,28,30,33)/b16-9+/t20-,26-,27-/m0/s1. The largest absolute Gasteiger partial charge is 0.466 e. The molecular weight excluding hydrogens is 488 g/mol. The Labute approximate surface area is 220 Å². The van der Waals surface area contributed by atoms with E-state index in [9.17, 15) is 14.4 Å². The van der Waals surface area contributed by atoms with E-state index in [-0.39, 0.29) is 29.5 Å². The quantitative estimate of drug-likeness (QED) is 0.0691. The van der Waals surface area contributed by atoms with Crippen molar-refractivity contribution < 1.29 is 23.9 Å². The molecule has 1 aromatic carbocycles. The first-order valence-corrected chi connectivity index (χ1v) is 12.2. The number of guanidine groups is 1. The Morgan fingerprint density at radius 2 is 1.95 bits per heavy atom. The van der Waals surface area contributed by atoms with Gasteiger partial charge in [0.15, 0.2) is 17.3 Å². The number of aromatic nitrogens is 1. The van der Waals surface area contributed by atoms with Gasteiger partial charge in [0, 0.05) is 30.8 Å². The highest BCUT2D eigenvalue weighted by atomic mass is 16.7. The number of pyridine rings is 1. The average molecular weight is 521 g/mol. The van der Waals surface area contributed by atoms with Crippen molar-refractivity contribution in [1.82, 2.24) is 15.6 Å².